The third kappa shape index (κ3) is 4.56. The highest BCUT2D eigenvalue weighted by atomic mass is 32.2. The fourth-order valence-electron chi connectivity index (χ4n) is 8.52. The molecule has 11 rings (SSSR count). The van der Waals surface area contributed by atoms with Gasteiger partial charge in [0, 0.05) is 31.9 Å². The Balaban J connectivity index is 1.08. The normalized spacial score (nSPS) is 13.4. The van der Waals surface area contributed by atoms with E-state index in [1.165, 1.54) is 48.7 Å². The van der Waals surface area contributed by atoms with Crippen LogP contribution in [0.15, 0.2) is 196 Å². The molecular formula is C49H30N2OS. The second kappa shape index (κ2) is 11.8. The minimum atomic E-state index is -0.465. The average Bonchev–Trinajstić information content (AvgIpc) is 3.83. The van der Waals surface area contributed by atoms with E-state index in [0.717, 1.165) is 44.6 Å². The van der Waals surface area contributed by atoms with Crippen molar-refractivity contribution in [3.63, 3.8) is 0 Å². The van der Waals surface area contributed by atoms with E-state index in [1.54, 1.807) is 0 Å². The van der Waals surface area contributed by atoms with Crippen LogP contribution in [0.4, 0.5) is 0 Å². The molecule has 248 valence electrons. The van der Waals surface area contributed by atoms with Gasteiger partial charge in [0.25, 0.3) is 0 Å². The van der Waals surface area contributed by atoms with Crippen LogP contribution in [0.3, 0.4) is 0 Å². The van der Waals surface area contributed by atoms with Crippen molar-refractivity contribution >= 4 is 22.7 Å². The van der Waals surface area contributed by atoms with Gasteiger partial charge < -0.3 is 4.42 Å². The molecule has 0 bridgehead atoms. The molecule has 1 aliphatic heterocycles. The molecule has 0 atom stereocenters. The van der Waals surface area contributed by atoms with Crippen molar-refractivity contribution in [1.82, 2.24) is 9.97 Å². The predicted molar refractivity (Wildman–Crippen MR) is 215 cm³/mol. The number of aromatic nitrogens is 2. The van der Waals surface area contributed by atoms with Crippen molar-refractivity contribution in [1.29, 1.82) is 0 Å². The average molecular weight is 695 g/mol. The van der Waals surface area contributed by atoms with Crippen LogP contribution < -0.4 is 0 Å². The Morgan fingerprint density at radius 2 is 1.02 bits per heavy atom. The number of benzene rings is 7. The van der Waals surface area contributed by atoms with Crippen molar-refractivity contribution in [2.75, 3.05) is 0 Å². The summed E-state index contributed by atoms with van der Waals surface area (Å²) in [5, 5.41) is 1.15. The Morgan fingerprint density at radius 1 is 0.434 bits per heavy atom. The maximum absolute atomic E-state index is 5.97. The first-order valence-electron chi connectivity index (χ1n) is 17.9. The summed E-state index contributed by atoms with van der Waals surface area (Å²) in [6.07, 6.45) is 1.81. The Kier molecular flexibility index (Phi) is 6.70. The number of nitrogens with zero attached hydrogens (tertiary/aromatic N) is 2. The predicted octanol–water partition coefficient (Wildman–Crippen LogP) is 12.7. The van der Waals surface area contributed by atoms with Crippen LogP contribution in [0.2, 0.25) is 0 Å². The molecule has 3 nitrogen and oxygen atoms in total. The van der Waals surface area contributed by atoms with Gasteiger partial charge in [-0.3, -0.25) is 0 Å². The molecule has 1 aliphatic carbocycles. The number of hydrogen-bond acceptors (Lipinski definition) is 4. The number of rotatable bonds is 4. The zero-order chi connectivity index (χ0) is 34.9. The second-order valence-electron chi connectivity index (χ2n) is 13.7. The summed E-state index contributed by atoms with van der Waals surface area (Å²) < 4.78 is 5.97. The zero-order valence-corrected chi connectivity index (χ0v) is 29.3. The summed E-state index contributed by atoms with van der Waals surface area (Å²) in [7, 11) is 0. The smallest absolute Gasteiger partial charge is 0.160 e. The molecule has 0 saturated heterocycles. The van der Waals surface area contributed by atoms with Gasteiger partial charge in [0.2, 0.25) is 0 Å². The minimum absolute atomic E-state index is 0.465. The third-order valence-corrected chi connectivity index (χ3v) is 12.0. The van der Waals surface area contributed by atoms with Gasteiger partial charge in [-0.1, -0.05) is 151 Å². The lowest BCUT2D eigenvalue weighted by molar-refractivity contribution is 0.615. The van der Waals surface area contributed by atoms with Crippen molar-refractivity contribution in [2.45, 2.75) is 15.2 Å². The first-order chi connectivity index (χ1) is 26.3. The van der Waals surface area contributed by atoms with E-state index in [4.69, 9.17) is 14.4 Å². The van der Waals surface area contributed by atoms with Crippen molar-refractivity contribution in [3.8, 4) is 56.2 Å². The molecule has 2 aliphatic rings. The Labute approximate surface area is 311 Å². The van der Waals surface area contributed by atoms with Gasteiger partial charge in [-0.05, 0) is 80.9 Å². The molecule has 0 radical (unpaired) electrons. The molecule has 9 aromatic rings. The van der Waals surface area contributed by atoms with Crippen molar-refractivity contribution in [3.05, 3.63) is 204 Å². The topological polar surface area (TPSA) is 38.9 Å². The molecule has 53 heavy (non-hydrogen) atoms. The highest BCUT2D eigenvalue weighted by Crippen LogP contribution is 2.63. The quantitative estimate of drug-likeness (QED) is 0.184. The Hall–Kier alpha value is -6.49. The molecule has 7 aromatic carbocycles. The summed E-state index contributed by atoms with van der Waals surface area (Å²) in [6.45, 7) is 0. The highest BCUT2D eigenvalue weighted by Gasteiger charge is 2.50. The van der Waals surface area contributed by atoms with Gasteiger partial charge in [-0.2, -0.15) is 0 Å². The molecule has 0 amide bonds. The SMILES string of the molecule is c1ccc(-c2cc(-c3ccc(-c4ccc5c(c4)C4(c6ccccc6Sc6ccccc64)c4ccc6occc6c4-5)cc3)nc(-c3ccccc3)n2)cc1. The summed E-state index contributed by atoms with van der Waals surface area (Å²) in [5.74, 6) is 0.715. The number of fused-ring (bicyclic) bond motifs is 11. The molecule has 1 spiro atoms. The third-order valence-electron chi connectivity index (χ3n) is 10.9. The molecular weight excluding hydrogens is 665 g/mol. The van der Waals surface area contributed by atoms with E-state index in [9.17, 15) is 0 Å². The first kappa shape index (κ1) is 30.2. The molecule has 4 heteroatoms. The lowest BCUT2D eigenvalue weighted by Gasteiger charge is -2.39. The van der Waals surface area contributed by atoms with Crippen molar-refractivity contribution in [2.24, 2.45) is 0 Å². The molecule has 0 saturated carbocycles. The summed E-state index contributed by atoms with van der Waals surface area (Å²) >= 11 is 1.87. The van der Waals surface area contributed by atoms with E-state index in [0.29, 0.717) is 5.82 Å². The maximum atomic E-state index is 5.97. The lowest BCUT2D eigenvalue weighted by atomic mass is 9.67. The Morgan fingerprint density at radius 3 is 1.72 bits per heavy atom. The number of hydrogen-bond donors (Lipinski definition) is 0. The van der Waals surface area contributed by atoms with E-state index in [-0.39, 0.29) is 0 Å². The van der Waals surface area contributed by atoms with Gasteiger partial charge in [0.05, 0.1) is 23.1 Å². The van der Waals surface area contributed by atoms with Crippen LogP contribution in [0.5, 0.6) is 0 Å². The highest BCUT2D eigenvalue weighted by molar-refractivity contribution is 7.99. The molecule has 0 fully saturated rings. The summed E-state index contributed by atoms with van der Waals surface area (Å²) in [5.41, 5.74) is 15.5. The van der Waals surface area contributed by atoms with E-state index >= 15 is 0 Å². The molecule has 2 aromatic heterocycles. The van der Waals surface area contributed by atoms with Gasteiger partial charge in [-0.25, -0.2) is 9.97 Å². The summed E-state index contributed by atoms with van der Waals surface area (Å²) in [4.78, 5) is 12.6. The standard InChI is InChI=1S/C49H30N2OS/c1-3-11-32(12-4-1)42-30-43(51-48(50-42)34-13-5-2-6-14-34)33-21-19-31(20-22-33)35-23-24-36-41(29-35)49(40-25-26-44-37(47(36)40)27-28-52-44)38-15-7-9-17-45(38)53-46-18-10-8-16-39(46)49/h1-30H. The molecule has 0 N–H and O–H groups in total. The van der Waals surface area contributed by atoms with Gasteiger partial charge in [-0.15, -0.1) is 0 Å². The van der Waals surface area contributed by atoms with Crippen LogP contribution in [-0.2, 0) is 5.41 Å². The van der Waals surface area contributed by atoms with E-state index < -0.39 is 5.41 Å². The fraction of sp³-hybridized carbons (Fsp3) is 0.0204. The van der Waals surface area contributed by atoms with Crippen LogP contribution in [0.1, 0.15) is 22.3 Å². The van der Waals surface area contributed by atoms with Crippen LogP contribution in [0, 0.1) is 0 Å². The minimum Gasteiger partial charge on any atom is -0.464 e. The van der Waals surface area contributed by atoms with Gasteiger partial charge in [0.15, 0.2) is 5.82 Å². The number of furan rings is 1. The van der Waals surface area contributed by atoms with Crippen molar-refractivity contribution < 1.29 is 4.42 Å². The molecule has 3 heterocycles. The van der Waals surface area contributed by atoms with Gasteiger partial charge >= 0.3 is 0 Å². The van der Waals surface area contributed by atoms with Crippen LogP contribution in [-0.4, -0.2) is 9.97 Å². The zero-order valence-electron chi connectivity index (χ0n) is 28.5. The monoisotopic (exact) mass is 694 g/mol. The van der Waals surface area contributed by atoms with Crippen LogP contribution >= 0.6 is 11.8 Å². The van der Waals surface area contributed by atoms with E-state index in [1.807, 2.05) is 42.3 Å². The Bertz CT molecular complexity index is 2760. The fourth-order valence-corrected chi connectivity index (χ4v) is 9.71. The first-order valence-corrected chi connectivity index (χ1v) is 18.7. The van der Waals surface area contributed by atoms with Gasteiger partial charge in [0.1, 0.15) is 5.58 Å². The lowest BCUT2D eigenvalue weighted by Crippen LogP contribution is -2.31. The second-order valence-corrected chi connectivity index (χ2v) is 14.8. The summed E-state index contributed by atoms with van der Waals surface area (Å²) in [6, 6.07) is 63.0. The van der Waals surface area contributed by atoms with E-state index in [2.05, 4.69) is 152 Å². The maximum Gasteiger partial charge on any atom is 0.160 e. The van der Waals surface area contributed by atoms with Crippen LogP contribution in [0.25, 0.3) is 67.1 Å². The largest absolute Gasteiger partial charge is 0.464 e. The molecule has 0 unspecified atom stereocenters.